The number of carbonyl (C=O) groups is 3. The van der Waals surface area contributed by atoms with Gasteiger partial charge in [0.15, 0.2) is 0 Å². The van der Waals surface area contributed by atoms with E-state index in [0.29, 0.717) is 25.8 Å². The van der Waals surface area contributed by atoms with Crippen LogP contribution in [-0.2, 0) is 14.4 Å². The normalized spacial score (nSPS) is 10.2. The molecule has 0 aliphatic heterocycles. The SMILES string of the molecule is NNC(=O)CCCCN(CC(N)=O)CC(N)=O. The number of hydrogen-bond acceptors (Lipinski definition) is 5. The lowest BCUT2D eigenvalue weighted by atomic mass is 10.2. The predicted molar refractivity (Wildman–Crippen MR) is 61.0 cm³/mol. The largest absolute Gasteiger partial charge is 0.369 e. The molecule has 0 atom stereocenters. The number of unbranched alkanes of at least 4 members (excludes halogenated alkanes) is 1. The molecule has 17 heavy (non-hydrogen) atoms. The van der Waals surface area contributed by atoms with Crippen LogP contribution in [0.2, 0.25) is 0 Å². The number of hydrogen-bond donors (Lipinski definition) is 4. The van der Waals surface area contributed by atoms with Crippen LogP contribution in [-0.4, -0.2) is 42.3 Å². The summed E-state index contributed by atoms with van der Waals surface area (Å²) in [5.41, 5.74) is 12.1. The van der Waals surface area contributed by atoms with Crippen molar-refractivity contribution in [2.45, 2.75) is 19.3 Å². The number of nitrogens with two attached hydrogens (primary N) is 3. The highest BCUT2D eigenvalue weighted by Crippen LogP contribution is 1.98. The smallest absolute Gasteiger partial charge is 0.233 e. The van der Waals surface area contributed by atoms with Gasteiger partial charge in [-0.2, -0.15) is 0 Å². The highest BCUT2D eigenvalue weighted by atomic mass is 16.2. The van der Waals surface area contributed by atoms with Crippen LogP contribution in [0, 0.1) is 0 Å². The average molecular weight is 245 g/mol. The summed E-state index contributed by atoms with van der Waals surface area (Å²) in [6.07, 6.45) is 1.56. The molecule has 0 heterocycles. The molecule has 0 aromatic heterocycles. The van der Waals surface area contributed by atoms with Crippen LogP contribution in [0.25, 0.3) is 0 Å². The molecule has 8 nitrogen and oxygen atoms in total. The van der Waals surface area contributed by atoms with E-state index in [1.165, 1.54) is 0 Å². The zero-order valence-corrected chi connectivity index (χ0v) is 9.65. The average Bonchev–Trinajstić information content (AvgIpc) is 2.22. The summed E-state index contributed by atoms with van der Waals surface area (Å²) < 4.78 is 0. The first-order valence-corrected chi connectivity index (χ1v) is 5.24. The van der Waals surface area contributed by atoms with E-state index in [1.54, 1.807) is 4.90 Å². The van der Waals surface area contributed by atoms with Crippen molar-refractivity contribution in [1.82, 2.24) is 10.3 Å². The van der Waals surface area contributed by atoms with E-state index < -0.39 is 11.8 Å². The topological polar surface area (TPSA) is 145 Å². The molecule has 0 aromatic carbocycles. The van der Waals surface area contributed by atoms with Crippen LogP contribution >= 0.6 is 0 Å². The van der Waals surface area contributed by atoms with Crippen molar-refractivity contribution in [2.24, 2.45) is 17.3 Å². The minimum atomic E-state index is -0.522. The van der Waals surface area contributed by atoms with Gasteiger partial charge in [0.2, 0.25) is 17.7 Å². The lowest BCUT2D eigenvalue weighted by molar-refractivity contribution is -0.123. The number of rotatable bonds is 9. The molecule has 0 spiro atoms. The van der Waals surface area contributed by atoms with Gasteiger partial charge in [-0.15, -0.1) is 0 Å². The van der Waals surface area contributed by atoms with E-state index >= 15 is 0 Å². The highest BCUT2D eigenvalue weighted by molar-refractivity contribution is 5.79. The summed E-state index contributed by atoms with van der Waals surface area (Å²) in [7, 11) is 0. The van der Waals surface area contributed by atoms with Gasteiger partial charge in [-0.1, -0.05) is 0 Å². The van der Waals surface area contributed by atoms with Crippen molar-refractivity contribution in [1.29, 1.82) is 0 Å². The fourth-order valence-electron chi connectivity index (χ4n) is 1.35. The van der Waals surface area contributed by atoms with E-state index in [-0.39, 0.29) is 19.0 Å². The molecule has 0 bridgehead atoms. The van der Waals surface area contributed by atoms with E-state index in [4.69, 9.17) is 17.3 Å². The van der Waals surface area contributed by atoms with Gasteiger partial charge >= 0.3 is 0 Å². The summed E-state index contributed by atoms with van der Waals surface area (Å²) >= 11 is 0. The van der Waals surface area contributed by atoms with Crippen LogP contribution in [0.4, 0.5) is 0 Å². The van der Waals surface area contributed by atoms with Gasteiger partial charge < -0.3 is 11.5 Å². The predicted octanol–water partition coefficient (Wildman–Crippen LogP) is -2.58. The van der Waals surface area contributed by atoms with Crippen LogP contribution in [0.3, 0.4) is 0 Å². The number of carbonyl (C=O) groups excluding carboxylic acids is 3. The van der Waals surface area contributed by atoms with Crippen molar-refractivity contribution < 1.29 is 14.4 Å². The molecule has 7 N–H and O–H groups in total. The standard InChI is InChI=1S/C9H19N5O3/c10-7(15)5-14(6-8(11)16)4-2-1-3-9(17)13-12/h1-6,12H2,(H2,10,15)(H2,11,16)(H,13,17). The monoisotopic (exact) mass is 245 g/mol. The summed E-state index contributed by atoms with van der Waals surface area (Å²) in [5, 5.41) is 0. The Kier molecular flexibility index (Phi) is 7.65. The number of nitrogens with one attached hydrogen (secondary N) is 1. The molecule has 8 heteroatoms. The third kappa shape index (κ3) is 9.27. The Morgan fingerprint density at radius 2 is 1.53 bits per heavy atom. The minimum absolute atomic E-state index is 0.0218. The van der Waals surface area contributed by atoms with Gasteiger partial charge in [0.1, 0.15) is 0 Å². The first kappa shape index (κ1) is 15.3. The zero-order chi connectivity index (χ0) is 13.3. The maximum atomic E-state index is 10.8. The molecule has 0 saturated carbocycles. The van der Waals surface area contributed by atoms with Gasteiger partial charge in [-0.25, -0.2) is 5.84 Å². The van der Waals surface area contributed by atoms with E-state index in [9.17, 15) is 14.4 Å². The van der Waals surface area contributed by atoms with Crippen molar-refractivity contribution in [3.8, 4) is 0 Å². The number of primary amides is 2. The lowest BCUT2D eigenvalue weighted by Crippen LogP contribution is -2.40. The molecule has 0 radical (unpaired) electrons. The Hall–Kier alpha value is -1.67. The van der Waals surface area contributed by atoms with Gasteiger partial charge in [0.25, 0.3) is 0 Å². The maximum Gasteiger partial charge on any atom is 0.233 e. The van der Waals surface area contributed by atoms with Gasteiger partial charge in [0, 0.05) is 6.42 Å². The summed E-state index contributed by atoms with van der Waals surface area (Å²) in [4.78, 5) is 33.8. The van der Waals surface area contributed by atoms with Crippen LogP contribution in [0.5, 0.6) is 0 Å². The Morgan fingerprint density at radius 1 is 1.00 bits per heavy atom. The van der Waals surface area contributed by atoms with E-state index in [0.717, 1.165) is 0 Å². The highest BCUT2D eigenvalue weighted by Gasteiger charge is 2.10. The first-order chi connectivity index (χ1) is 7.95. The van der Waals surface area contributed by atoms with Crippen molar-refractivity contribution in [3.63, 3.8) is 0 Å². The Morgan fingerprint density at radius 3 is 1.94 bits per heavy atom. The summed E-state index contributed by atoms with van der Waals surface area (Å²) in [6.45, 7) is 0.432. The Balaban J connectivity index is 3.86. The van der Waals surface area contributed by atoms with E-state index in [2.05, 4.69) is 0 Å². The van der Waals surface area contributed by atoms with Gasteiger partial charge in [0.05, 0.1) is 13.1 Å². The molecule has 0 aromatic rings. The zero-order valence-electron chi connectivity index (χ0n) is 9.65. The molecular formula is C9H19N5O3. The maximum absolute atomic E-state index is 10.8. The van der Waals surface area contributed by atoms with Crippen LogP contribution in [0.15, 0.2) is 0 Å². The lowest BCUT2D eigenvalue weighted by Gasteiger charge is -2.18. The van der Waals surface area contributed by atoms with Crippen LogP contribution in [0.1, 0.15) is 19.3 Å². The minimum Gasteiger partial charge on any atom is -0.369 e. The fourth-order valence-corrected chi connectivity index (χ4v) is 1.35. The molecule has 0 aliphatic carbocycles. The third-order valence-electron chi connectivity index (χ3n) is 2.05. The number of hydrazine groups is 1. The van der Waals surface area contributed by atoms with Crippen LogP contribution < -0.4 is 22.7 Å². The van der Waals surface area contributed by atoms with Crippen molar-refractivity contribution in [3.05, 3.63) is 0 Å². The first-order valence-electron chi connectivity index (χ1n) is 5.24. The molecule has 0 rings (SSSR count). The van der Waals surface area contributed by atoms with Gasteiger partial charge in [-0.05, 0) is 19.4 Å². The summed E-state index contributed by atoms with van der Waals surface area (Å²) in [5.74, 6) is 3.62. The molecule has 0 aliphatic rings. The molecular weight excluding hydrogens is 226 g/mol. The Labute approximate surface area is 99.4 Å². The molecule has 0 saturated heterocycles. The quantitative estimate of drug-likeness (QED) is 0.152. The molecule has 0 unspecified atom stereocenters. The molecule has 0 fully saturated rings. The number of amides is 3. The molecule has 98 valence electrons. The molecule has 3 amide bonds. The second-order valence-electron chi connectivity index (χ2n) is 3.67. The van der Waals surface area contributed by atoms with E-state index in [1.807, 2.05) is 5.43 Å². The van der Waals surface area contributed by atoms with Gasteiger partial charge in [-0.3, -0.25) is 24.7 Å². The third-order valence-corrected chi connectivity index (χ3v) is 2.05. The van der Waals surface area contributed by atoms with Crippen molar-refractivity contribution >= 4 is 17.7 Å². The Bertz CT molecular complexity index is 266. The summed E-state index contributed by atoms with van der Waals surface area (Å²) in [6, 6.07) is 0. The number of nitrogens with zero attached hydrogens (tertiary/aromatic N) is 1. The fraction of sp³-hybridized carbons (Fsp3) is 0.667. The van der Waals surface area contributed by atoms with Crippen molar-refractivity contribution in [2.75, 3.05) is 19.6 Å². The second-order valence-corrected chi connectivity index (χ2v) is 3.67. The second kappa shape index (κ2) is 8.48.